The zero-order valence-electron chi connectivity index (χ0n) is 19.3. The van der Waals surface area contributed by atoms with Crippen LogP contribution in [-0.4, -0.2) is 6.67 Å². The van der Waals surface area contributed by atoms with Crippen LogP contribution in [0.4, 0.5) is 0 Å². The fourth-order valence-electron chi connectivity index (χ4n) is 4.17. The number of hydrogen-bond acceptors (Lipinski definition) is 2. The van der Waals surface area contributed by atoms with Crippen molar-refractivity contribution in [3.05, 3.63) is 72.0 Å². The van der Waals surface area contributed by atoms with Crippen molar-refractivity contribution in [2.75, 3.05) is 6.67 Å². The normalized spacial score (nSPS) is 17.6. The Hall–Kier alpha value is -1.80. The van der Waals surface area contributed by atoms with E-state index in [1.807, 2.05) is 13.8 Å². The van der Waals surface area contributed by atoms with Crippen molar-refractivity contribution in [3.63, 3.8) is 0 Å². The molecule has 0 saturated heterocycles. The maximum absolute atomic E-state index is 5.77. The van der Waals surface area contributed by atoms with Gasteiger partial charge in [-0.1, -0.05) is 88.4 Å². The van der Waals surface area contributed by atoms with E-state index in [4.69, 9.17) is 5.73 Å². The van der Waals surface area contributed by atoms with Crippen LogP contribution in [0.3, 0.4) is 0 Å². The number of hydrogen-bond donors (Lipinski definition) is 2. The van der Waals surface area contributed by atoms with Gasteiger partial charge in [-0.2, -0.15) is 0 Å². The zero-order chi connectivity index (χ0) is 21.5. The second kappa shape index (κ2) is 14.2. The Balaban J connectivity index is 0.00000204. The van der Waals surface area contributed by atoms with Crippen LogP contribution >= 0.6 is 0 Å². The molecular formula is C27H44N2. The molecule has 2 atom stereocenters. The molecule has 0 fully saturated rings. The number of nitrogens with one attached hydrogen (secondary N) is 1. The first-order valence-electron chi connectivity index (χ1n) is 11.6. The van der Waals surface area contributed by atoms with Gasteiger partial charge in [0.25, 0.3) is 0 Å². The average molecular weight is 397 g/mol. The third-order valence-corrected chi connectivity index (χ3v) is 6.11. The van der Waals surface area contributed by atoms with Gasteiger partial charge in [0.05, 0.1) is 6.67 Å². The highest BCUT2D eigenvalue weighted by atomic mass is 15.0. The van der Waals surface area contributed by atoms with Gasteiger partial charge in [0, 0.05) is 11.1 Å². The molecule has 2 nitrogen and oxygen atoms in total. The molecular weight excluding hydrogens is 352 g/mol. The van der Waals surface area contributed by atoms with Crippen LogP contribution in [-0.2, 0) is 6.42 Å². The first-order chi connectivity index (χ1) is 14.1. The fourth-order valence-corrected chi connectivity index (χ4v) is 4.17. The van der Waals surface area contributed by atoms with Crippen molar-refractivity contribution in [3.8, 4) is 0 Å². The van der Waals surface area contributed by atoms with Crippen LogP contribution in [0, 0.1) is 11.3 Å². The summed E-state index contributed by atoms with van der Waals surface area (Å²) in [4.78, 5) is 0. The lowest BCUT2D eigenvalue weighted by atomic mass is 9.73. The second-order valence-electron chi connectivity index (χ2n) is 8.04. The molecule has 0 spiro atoms. The Morgan fingerprint density at radius 3 is 2.34 bits per heavy atom. The molecule has 0 heterocycles. The van der Waals surface area contributed by atoms with Gasteiger partial charge in [0.1, 0.15) is 0 Å². The van der Waals surface area contributed by atoms with Gasteiger partial charge in [0.15, 0.2) is 0 Å². The van der Waals surface area contributed by atoms with E-state index >= 15 is 0 Å². The molecule has 0 saturated carbocycles. The van der Waals surface area contributed by atoms with Gasteiger partial charge < -0.3 is 11.1 Å². The van der Waals surface area contributed by atoms with E-state index in [9.17, 15) is 0 Å². The smallest absolute Gasteiger partial charge is 0.0625 e. The molecule has 1 aromatic carbocycles. The van der Waals surface area contributed by atoms with Crippen LogP contribution in [0.25, 0.3) is 0 Å². The van der Waals surface area contributed by atoms with Crippen LogP contribution in [0.2, 0.25) is 0 Å². The lowest BCUT2D eigenvalue weighted by molar-refractivity contribution is 0.258. The third-order valence-electron chi connectivity index (χ3n) is 6.11. The Labute approximate surface area is 180 Å². The van der Waals surface area contributed by atoms with E-state index in [0.717, 1.165) is 25.0 Å². The van der Waals surface area contributed by atoms with Crippen LogP contribution in [0.5, 0.6) is 0 Å². The monoisotopic (exact) mass is 396 g/mol. The molecule has 2 heteroatoms. The molecule has 1 aliphatic rings. The number of allylic oxidation sites excluding steroid dienone is 5. The van der Waals surface area contributed by atoms with Gasteiger partial charge >= 0.3 is 0 Å². The summed E-state index contributed by atoms with van der Waals surface area (Å²) in [5.41, 5.74) is 9.96. The van der Waals surface area contributed by atoms with Crippen LogP contribution in [0.1, 0.15) is 78.2 Å². The number of benzene rings is 1. The van der Waals surface area contributed by atoms with Crippen molar-refractivity contribution < 1.29 is 0 Å². The molecule has 0 amide bonds. The van der Waals surface area contributed by atoms with Crippen molar-refractivity contribution >= 4 is 0 Å². The van der Waals surface area contributed by atoms with Gasteiger partial charge in [-0.25, -0.2) is 0 Å². The van der Waals surface area contributed by atoms with Crippen molar-refractivity contribution in [1.29, 1.82) is 0 Å². The largest absolute Gasteiger partial charge is 0.376 e. The van der Waals surface area contributed by atoms with E-state index in [0.29, 0.717) is 12.6 Å². The highest BCUT2D eigenvalue weighted by Crippen LogP contribution is 2.40. The standard InChI is InChI=1S/C25H38N2.C2H6/c1-4-25(22(3)27-20-26,18-8-12-23-10-6-5-7-11-23)19-9-13-24-16-14-21(2)15-17-24;1-2/h5-7,10-11,14,16-17,21,27H,3-4,8-9,12-13,15,18-20,26H2,1-2H3;1-2H3. The first-order valence-corrected chi connectivity index (χ1v) is 11.6. The van der Waals surface area contributed by atoms with E-state index in [1.165, 1.54) is 43.2 Å². The molecule has 0 aromatic heterocycles. The molecule has 0 bridgehead atoms. The summed E-state index contributed by atoms with van der Waals surface area (Å²) in [6.45, 7) is 13.4. The summed E-state index contributed by atoms with van der Waals surface area (Å²) < 4.78 is 0. The maximum Gasteiger partial charge on any atom is 0.0625 e. The van der Waals surface area contributed by atoms with Gasteiger partial charge in [-0.05, 0) is 62.8 Å². The lowest BCUT2D eigenvalue weighted by Gasteiger charge is -2.36. The molecule has 162 valence electrons. The molecule has 0 radical (unpaired) electrons. The number of aryl methyl sites for hydroxylation is 1. The maximum atomic E-state index is 5.77. The fraction of sp³-hybridized carbons (Fsp3) is 0.556. The van der Waals surface area contributed by atoms with Gasteiger partial charge in [-0.15, -0.1) is 0 Å². The molecule has 3 N–H and O–H groups in total. The summed E-state index contributed by atoms with van der Waals surface area (Å²) in [6.07, 6.45) is 16.4. The minimum absolute atomic E-state index is 0.139. The Morgan fingerprint density at radius 1 is 1.14 bits per heavy atom. The summed E-state index contributed by atoms with van der Waals surface area (Å²) >= 11 is 0. The Bertz CT molecular complexity index is 629. The zero-order valence-corrected chi connectivity index (χ0v) is 19.3. The highest BCUT2D eigenvalue weighted by Gasteiger charge is 2.30. The molecule has 2 rings (SSSR count). The van der Waals surface area contributed by atoms with E-state index in [-0.39, 0.29) is 5.41 Å². The average Bonchev–Trinajstić information content (AvgIpc) is 2.76. The summed E-state index contributed by atoms with van der Waals surface area (Å²) in [5.74, 6) is 0.690. The second-order valence-corrected chi connectivity index (χ2v) is 8.04. The number of rotatable bonds is 12. The summed E-state index contributed by atoms with van der Waals surface area (Å²) in [7, 11) is 0. The Kier molecular flexibility index (Phi) is 12.4. The van der Waals surface area contributed by atoms with Crippen LogP contribution < -0.4 is 11.1 Å². The van der Waals surface area contributed by atoms with Gasteiger partial charge in [0.2, 0.25) is 0 Å². The van der Waals surface area contributed by atoms with Crippen molar-refractivity contribution in [2.45, 2.75) is 79.1 Å². The first kappa shape index (κ1) is 25.2. The minimum Gasteiger partial charge on any atom is -0.376 e. The predicted octanol–water partition coefficient (Wildman–Crippen LogP) is 7.14. The van der Waals surface area contributed by atoms with Crippen LogP contribution in [0.15, 0.2) is 66.4 Å². The number of nitrogens with two attached hydrogens (primary N) is 1. The highest BCUT2D eigenvalue weighted by molar-refractivity contribution is 5.23. The predicted molar refractivity (Wildman–Crippen MR) is 130 cm³/mol. The topological polar surface area (TPSA) is 38.0 Å². The minimum atomic E-state index is 0.139. The summed E-state index contributed by atoms with van der Waals surface area (Å²) in [6, 6.07) is 10.8. The molecule has 0 aliphatic heterocycles. The lowest BCUT2D eigenvalue weighted by Crippen LogP contribution is -2.34. The molecule has 29 heavy (non-hydrogen) atoms. The van der Waals surface area contributed by atoms with Crippen molar-refractivity contribution in [2.24, 2.45) is 17.1 Å². The molecule has 1 aromatic rings. The van der Waals surface area contributed by atoms with Gasteiger partial charge in [-0.3, -0.25) is 0 Å². The quantitative estimate of drug-likeness (QED) is 0.368. The van der Waals surface area contributed by atoms with E-state index in [1.54, 1.807) is 0 Å². The molecule has 2 unspecified atom stereocenters. The van der Waals surface area contributed by atoms with E-state index < -0.39 is 0 Å². The summed E-state index contributed by atoms with van der Waals surface area (Å²) in [5, 5.41) is 3.33. The van der Waals surface area contributed by atoms with Crippen molar-refractivity contribution in [1.82, 2.24) is 5.32 Å². The Morgan fingerprint density at radius 2 is 1.79 bits per heavy atom. The SMILES string of the molecule is C=C(NCN)C(CC)(CCCC1=CCC(C)C=C1)CCCc1ccccc1.CC. The third kappa shape index (κ3) is 8.62. The molecule has 1 aliphatic carbocycles. The van der Waals surface area contributed by atoms with E-state index in [2.05, 4.69) is 74.3 Å².